The fraction of sp³-hybridized carbons (Fsp3) is 0.500. The third kappa shape index (κ3) is 4.65. The van der Waals surface area contributed by atoms with Crippen molar-refractivity contribution in [3.63, 3.8) is 0 Å². The third-order valence-electron chi connectivity index (χ3n) is 5.31. The third-order valence-corrected chi connectivity index (χ3v) is 6.31. The summed E-state index contributed by atoms with van der Waals surface area (Å²) in [7, 11) is 2.95. The van der Waals surface area contributed by atoms with E-state index in [0.717, 1.165) is 16.2 Å². The van der Waals surface area contributed by atoms with Crippen molar-refractivity contribution in [1.82, 2.24) is 4.98 Å². The van der Waals surface area contributed by atoms with Crippen molar-refractivity contribution in [3.05, 3.63) is 40.4 Å². The number of ether oxygens (including phenoxy) is 3. The summed E-state index contributed by atoms with van der Waals surface area (Å²) in [6, 6.07) is 7.57. The van der Waals surface area contributed by atoms with Gasteiger partial charge in [0, 0.05) is 18.1 Å². The van der Waals surface area contributed by atoms with Crippen LogP contribution in [0.15, 0.2) is 24.3 Å². The van der Waals surface area contributed by atoms with E-state index in [2.05, 4.69) is 24.1 Å². The molecule has 30 heavy (non-hydrogen) atoms. The van der Waals surface area contributed by atoms with Gasteiger partial charge in [-0.1, -0.05) is 26.0 Å². The Morgan fingerprint density at radius 2 is 1.87 bits per heavy atom. The van der Waals surface area contributed by atoms with Crippen LogP contribution in [0.3, 0.4) is 0 Å². The predicted molar refractivity (Wildman–Crippen MR) is 115 cm³/mol. The smallest absolute Gasteiger partial charge is 0.357 e. The Labute approximate surface area is 180 Å². The highest BCUT2D eigenvalue weighted by molar-refractivity contribution is 7.16. The van der Waals surface area contributed by atoms with Gasteiger partial charge in [-0.15, -0.1) is 11.3 Å². The van der Waals surface area contributed by atoms with Crippen molar-refractivity contribution in [2.45, 2.75) is 38.5 Å². The zero-order chi connectivity index (χ0) is 21.7. The molecule has 1 aromatic carbocycles. The number of anilines is 1. The molecule has 3 rings (SSSR count). The summed E-state index contributed by atoms with van der Waals surface area (Å²) >= 11 is 1.33. The zero-order valence-corrected chi connectivity index (χ0v) is 18.6. The van der Waals surface area contributed by atoms with Crippen LogP contribution in [0.5, 0.6) is 5.75 Å². The quantitative estimate of drug-likeness (QED) is 0.670. The Morgan fingerprint density at radius 3 is 2.43 bits per heavy atom. The maximum Gasteiger partial charge on any atom is 0.357 e. The minimum absolute atomic E-state index is 0.141. The van der Waals surface area contributed by atoms with E-state index in [9.17, 15) is 9.59 Å². The van der Waals surface area contributed by atoms with Crippen molar-refractivity contribution in [2.75, 3.05) is 32.8 Å². The molecule has 0 aliphatic carbocycles. The maximum absolute atomic E-state index is 13.5. The van der Waals surface area contributed by atoms with Gasteiger partial charge in [-0.05, 0) is 42.9 Å². The van der Waals surface area contributed by atoms with Crippen LogP contribution in [0.25, 0.3) is 0 Å². The molecular weight excluding hydrogens is 404 g/mol. The highest BCUT2D eigenvalue weighted by Gasteiger charge is 2.42. The first-order valence-corrected chi connectivity index (χ1v) is 10.8. The molecule has 0 atom stereocenters. The van der Waals surface area contributed by atoms with E-state index in [1.807, 2.05) is 24.3 Å². The molecule has 2 aromatic rings. The molecule has 1 aromatic heterocycles. The summed E-state index contributed by atoms with van der Waals surface area (Å²) in [5.74, 6) is 0.455. The number of hydrogen-bond acceptors (Lipinski definition) is 7. The Balaban J connectivity index is 1.90. The van der Waals surface area contributed by atoms with Gasteiger partial charge in [0.25, 0.3) is 0 Å². The summed E-state index contributed by atoms with van der Waals surface area (Å²) in [5, 5.41) is 3.38. The summed E-state index contributed by atoms with van der Waals surface area (Å²) in [6.07, 6.45) is 1.83. The lowest BCUT2D eigenvalue weighted by atomic mass is 9.73. The lowest BCUT2D eigenvalue weighted by Gasteiger charge is -2.36. The van der Waals surface area contributed by atoms with Crippen LogP contribution in [0, 0.1) is 5.92 Å². The summed E-state index contributed by atoms with van der Waals surface area (Å²) in [4.78, 5) is 30.8. The van der Waals surface area contributed by atoms with Crippen molar-refractivity contribution in [2.24, 2.45) is 5.92 Å². The number of carbonyl (C=O) groups excluding carboxylic acids is 2. The number of esters is 1. The van der Waals surface area contributed by atoms with Gasteiger partial charge in [-0.25, -0.2) is 9.78 Å². The first-order valence-electron chi connectivity index (χ1n) is 10.0. The zero-order valence-electron chi connectivity index (χ0n) is 17.8. The molecule has 2 heterocycles. The normalized spacial score (nSPS) is 15.6. The second kappa shape index (κ2) is 9.57. The summed E-state index contributed by atoms with van der Waals surface area (Å²) in [5.41, 5.74) is 0.466. The van der Waals surface area contributed by atoms with Crippen molar-refractivity contribution < 1.29 is 23.8 Å². The molecule has 1 fully saturated rings. The number of thiazole rings is 1. The fourth-order valence-corrected chi connectivity index (χ4v) is 4.82. The lowest BCUT2D eigenvalue weighted by Crippen LogP contribution is -2.44. The molecule has 1 aliphatic heterocycles. The van der Waals surface area contributed by atoms with E-state index in [1.165, 1.54) is 18.4 Å². The van der Waals surface area contributed by atoms with Crippen molar-refractivity contribution in [3.8, 4) is 5.75 Å². The number of benzene rings is 1. The van der Waals surface area contributed by atoms with Gasteiger partial charge in [0.1, 0.15) is 5.75 Å². The molecule has 8 heteroatoms. The second-order valence-electron chi connectivity index (χ2n) is 7.76. The van der Waals surface area contributed by atoms with Gasteiger partial charge in [-0.3, -0.25) is 4.79 Å². The molecule has 0 unspecified atom stereocenters. The Hall–Kier alpha value is -2.45. The molecule has 0 radical (unpaired) electrons. The molecule has 7 nitrogen and oxygen atoms in total. The van der Waals surface area contributed by atoms with Gasteiger partial charge < -0.3 is 19.5 Å². The lowest BCUT2D eigenvalue weighted by molar-refractivity contribution is -0.125. The SMILES string of the molecule is COC(=O)c1nc(NC(=O)C2(c3ccc(OC)cc3)CCOCC2)sc1CC(C)C. The minimum atomic E-state index is -0.722. The standard InChI is InChI=1S/C22H28N2O5S/c1-14(2)13-17-18(19(25)28-4)23-21(30-17)24-20(26)22(9-11-29-12-10-22)15-5-7-16(27-3)8-6-15/h5-8,14H,9-13H2,1-4H3,(H,23,24,26). The summed E-state index contributed by atoms with van der Waals surface area (Å²) in [6.45, 7) is 5.14. The van der Waals surface area contributed by atoms with Gasteiger partial charge in [0.05, 0.1) is 19.6 Å². The van der Waals surface area contributed by atoms with E-state index in [-0.39, 0.29) is 11.6 Å². The van der Waals surface area contributed by atoms with Crippen LogP contribution in [-0.2, 0) is 26.1 Å². The number of methoxy groups -OCH3 is 2. The molecule has 1 N–H and O–H groups in total. The number of aromatic nitrogens is 1. The van der Waals surface area contributed by atoms with Gasteiger partial charge in [0.15, 0.2) is 10.8 Å². The maximum atomic E-state index is 13.5. The van der Waals surface area contributed by atoms with Crippen LogP contribution in [-0.4, -0.2) is 44.3 Å². The molecule has 0 bridgehead atoms. The molecule has 0 saturated carbocycles. The Kier molecular flexibility index (Phi) is 7.10. The van der Waals surface area contributed by atoms with Crippen LogP contribution >= 0.6 is 11.3 Å². The predicted octanol–water partition coefficient (Wildman–Crippen LogP) is 3.82. The van der Waals surface area contributed by atoms with E-state index in [4.69, 9.17) is 14.2 Å². The summed E-state index contributed by atoms with van der Waals surface area (Å²) < 4.78 is 15.6. The molecule has 162 valence electrons. The number of rotatable bonds is 7. The minimum Gasteiger partial charge on any atom is -0.497 e. The highest BCUT2D eigenvalue weighted by Crippen LogP contribution is 2.37. The monoisotopic (exact) mass is 432 g/mol. The largest absolute Gasteiger partial charge is 0.497 e. The van der Waals surface area contributed by atoms with Gasteiger partial charge in [-0.2, -0.15) is 0 Å². The Bertz CT molecular complexity index is 885. The van der Waals surface area contributed by atoms with Crippen LogP contribution < -0.4 is 10.1 Å². The average molecular weight is 433 g/mol. The molecule has 1 amide bonds. The van der Waals surface area contributed by atoms with Crippen LogP contribution in [0.2, 0.25) is 0 Å². The van der Waals surface area contributed by atoms with Gasteiger partial charge >= 0.3 is 5.97 Å². The van der Waals surface area contributed by atoms with Crippen molar-refractivity contribution >= 4 is 28.3 Å². The number of hydrogen-bond donors (Lipinski definition) is 1. The topological polar surface area (TPSA) is 86.8 Å². The van der Waals surface area contributed by atoms with E-state index >= 15 is 0 Å². The Morgan fingerprint density at radius 1 is 1.20 bits per heavy atom. The fourth-order valence-electron chi connectivity index (χ4n) is 3.66. The average Bonchev–Trinajstić information content (AvgIpc) is 3.15. The number of nitrogens with one attached hydrogen (secondary N) is 1. The van der Waals surface area contributed by atoms with Gasteiger partial charge in [0.2, 0.25) is 5.91 Å². The number of amides is 1. The van der Waals surface area contributed by atoms with Crippen molar-refractivity contribution in [1.29, 1.82) is 0 Å². The van der Waals surface area contributed by atoms with Crippen LogP contribution in [0.4, 0.5) is 5.13 Å². The molecule has 1 aliphatic rings. The highest BCUT2D eigenvalue weighted by atomic mass is 32.1. The number of nitrogens with zero attached hydrogens (tertiary/aromatic N) is 1. The van der Waals surface area contributed by atoms with E-state index in [0.29, 0.717) is 43.5 Å². The number of carbonyl (C=O) groups is 2. The second-order valence-corrected chi connectivity index (χ2v) is 8.84. The van der Waals surface area contributed by atoms with Crippen LogP contribution in [0.1, 0.15) is 47.6 Å². The molecular formula is C22H28N2O5S. The molecule has 1 saturated heterocycles. The van der Waals surface area contributed by atoms with E-state index in [1.54, 1.807) is 7.11 Å². The van der Waals surface area contributed by atoms with E-state index < -0.39 is 11.4 Å². The molecule has 0 spiro atoms. The first kappa shape index (κ1) is 22.2. The first-order chi connectivity index (χ1) is 14.4.